The summed E-state index contributed by atoms with van der Waals surface area (Å²) in [5, 5.41) is 7.88. The van der Waals surface area contributed by atoms with Crippen LogP contribution in [-0.2, 0) is 10.2 Å². The molecule has 0 unspecified atom stereocenters. The summed E-state index contributed by atoms with van der Waals surface area (Å²) in [7, 11) is 0. The van der Waals surface area contributed by atoms with Gasteiger partial charge in [-0.25, -0.2) is 4.68 Å². The van der Waals surface area contributed by atoms with Crippen LogP contribution >= 0.6 is 0 Å². The molecule has 1 amide bonds. The highest BCUT2D eigenvalue weighted by Gasteiger charge is 2.24. The summed E-state index contributed by atoms with van der Waals surface area (Å²) in [6.07, 6.45) is 0.738. The lowest BCUT2D eigenvalue weighted by molar-refractivity contribution is -0.117. The number of anilines is 1. The molecule has 1 aromatic heterocycles. The van der Waals surface area contributed by atoms with Crippen LogP contribution in [-0.4, -0.2) is 15.7 Å². The van der Waals surface area contributed by atoms with Crippen LogP contribution < -0.4 is 5.32 Å². The van der Waals surface area contributed by atoms with Gasteiger partial charge in [-0.3, -0.25) is 4.79 Å². The monoisotopic (exact) mass is 361 g/mol. The highest BCUT2D eigenvalue weighted by molar-refractivity contribution is 5.95. The number of rotatable bonds is 5. The number of benzene rings is 2. The summed E-state index contributed by atoms with van der Waals surface area (Å²) in [5.41, 5.74) is 2.79. The molecule has 0 bridgehead atoms. The van der Waals surface area contributed by atoms with Gasteiger partial charge in [0.15, 0.2) is 0 Å². The molecule has 140 valence electrons. The molecule has 0 aliphatic carbocycles. The van der Waals surface area contributed by atoms with Gasteiger partial charge in [-0.1, -0.05) is 76.2 Å². The first-order valence-corrected chi connectivity index (χ1v) is 9.42. The van der Waals surface area contributed by atoms with E-state index in [9.17, 15) is 4.79 Å². The van der Waals surface area contributed by atoms with Gasteiger partial charge in [0.2, 0.25) is 5.91 Å². The molecule has 27 heavy (non-hydrogen) atoms. The molecule has 0 spiro atoms. The number of carbonyl (C=O) groups is 1. The summed E-state index contributed by atoms with van der Waals surface area (Å²) in [6.45, 7) is 8.39. The summed E-state index contributed by atoms with van der Waals surface area (Å²) in [5.74, 6) is 0.496. The molecular formula is C23H27N3O. The molecule has 3 rings (SSSR count). The van der Waals surface area contributed by atoms with Crippen molar-refractivity contribution in [2.24, 2.45) is 0 Å². The molecule has 0 aliphatic heterocycles. The van der Waals surface area contributed by atoms with E-state index in [1.165, 1.54) is 0 Å². The maximum atomic E-state index is 13.0. The number of amides is 1. The standard InChI is InChI=1S/C23H27N3O/c1-5-19(17-12-8-6-9-13-17)22(27)24-21-16-20(23(2,3)4)25-26(21)18-14-10-7-11-15-18/h6-16,19H,5H2,1-4H3,(H,24,27)/t19-/m0/s1. The van der Waals surface area contributed by atoms with E-state index in [-0.39, 0.29) is 17.2 Å². The van der Waals surface area contributed by atoms with Crippen molar-refractivity contribution in [3.8, 4) is 5.69 Å². The Kier molecular flexibility index (Phi) is 5.45. The zero-order valence-corrected chi connectivity index (χ0v) is 16.4. The van der Waals surface area contributed by atoms with Crippen LogP contribution in [0.3, 0.4) is 0 Å². The smallest absolute Gasteiger partial charge is 0.233 e. The van der Waals surface area contributed by atoms with E-state index in [0.29, 0.717) is 5.82 Å². The number of nitrogens with zero attached hydrogens (tertiary/aromatic N) is 2. The van der Waals surface area contributed by atoms with Crippen molar-refractivity contribution in [2.45, 2.75) is 45.4 Å². The minimum atomic E-state index is -0.191. The van der Waals surface area contributed by atoms with Crippen molar-refractivity contribution in [3.05, 3.63) is 78.0 Å². The second-order valence-electron chi connectivity index (χ2n) is 7.77. The van der Waals surface area contributed by atoms with Crippen molar-refractivity contribution in [2.75, 3.05) is 5.32 Å². The Morgan fingerprint density at radius 3 is 2.19 bits per heavy atom. The first kappa shape index (κ1) is 18.9. The van der Waals surface area contributed by atoms with Crippen LogP contribution in [0.25, 0.3) is 5.69 Å². The van der Waals surface area contributed by atoms with Gasteiger partial charge in [0, 0.05) is 11.5 Å². The molecule has 3 aromatic rings. The lowest BCUT2D eigenvalue weighted by atomic mass is 9.92. The second-order valence-corrected chi connectivity index (χ2v) is 7.77. The van der Waals surface area contributed by atoms with Gasteiger partial charge < -0.3 is 5.32 Å². The van der Waals surface area contributed by atoms with Crippen molar-refractivity contribution in [1.29, 1.82) is 0 Å². The zero-order chi connectivity index (χ0) is 19.4. The van der Waals surface area contributed by atoms with Crippen molar-refractivity contribution < 1.29 is 4.79 Å². The van der Waals surface area contributed by atoms with E-state index < -0.39 is 0 Å². The molecule has 0 fully saturated rings. The Hall–Kier alpha value is -2.88. The van der Waals surface area contributed by atoms with Crippen LogP contribution in [0.2, 0.25) is 0 Å². The minimum Gasteiger partial charge on any atom is -0.310 e. The van der Waals surface area contributed by atoms with Gasteiger partial charge in [-0.2, -0.15) is 5.10 Å². The Morgan fingerprint density at radius 2 is 1.63 bits per heavy atom. The third-order valence-corrected chi connectivity index (χ3v) is 4.66. The van der Waals surface area contributed by atoms with Gasteiger partial charge >= 0.3 is 0 Å². The molecule has 1 atom stereocenters. The molecule has 1 N–H and O–H groups in total. The van der Waals surface area contributed by atoms with E-state index in [1.54, 1.807) is 0 Å². The number of para-hydroxylation sites is 1. The number of carbonyl (C=O) groups excluding carboxylic acids is 1. The number of hydrogen-bond donors (Lipinski definition) is 1. The van der Waals surface area contributed by atoms with Crippen LogP contribution in [0.15, 0.2) is 66.7 Å². The maximum Gasteiger partial charge on any atom is 0.233 e. The molecule has 4 nitrogen and oxygen atoms in total. The van der Waals surface area contributed by atoms with Crippen LogP contribution in [0.5, 0.6) is 0 Å². The summed E-state index contributed by atoms with van der Waals surface area (Å²) >= 11 is 0. The van der Waals surface area contributed by atoms with E-state index >= 15 is 0 Å². The average Bonchev–Trinajstić information content (AvgIpc) is 3.08. The Morgan fingerprint density at radius 1 is 1.04 bits per heavy atom. The molecule has 0 aliphatic rings. The van der Waals surface area contributed by atoms with Crippen LogP contribution in [0.4, 0.5) is 5.82 Å². The van der Waals surface area contributed by atoms with E-state index in [1.807, 2.05) is 78.3 Å². The predicted octanol–water partition coefficient (Wildman–Crippen LogP) is 5.30. The Bertz CT molecular complexity index is 892. The molecule has 0 radical (unpaired) electrons. The summed E-state index contributed by atoms with van der Waals surface area (Å²) in [6, 6.07) is 21.8. The fourth-order valence-electron chi connectivity index (χ4n) is 3.07. The van der Waals surface area contributed by atoms with Gasteiger partial charge in [-0.15, -0.1) is 0 Å². The normalized spacial score (nSPS) is 12.6. The fourth-order valence-corrected chi connectivity index (χ4v) is 3.07. The molecule has 1 heterocycles. The third-order valence-electron chi connectivity index (χ3n) is 4.66. The average molecular weight is 361 g/mol. The van der Waals surface area contributed by atoms with E-state index in [2.05, 4.69) is 26.1 Å². The highest BCUT2D eigenvalue weighted by atomic mass is 16.2. The van der Waals surface area contributed by atoms with Crippen molar-refractivity contribution in [1.82, 2.24) is 9.78 Å². The molecule has 0 saturated heterocycles. The minimum absolute atomic E-state index is 0.0127. The van der Waals surface area contributed by atoms with Crippen molar-refractivity contribution in [3.63, 3.8) is 0 Å². The first-order chi connectivity index (χ1) is 12.9. The highest BCUT2D eigenvalue weighted by Crippen LogP contribution is 2.28. The van der Waals surface area contributed by atoms with Gasteiger partial charge in [0.1, 0.15) is 5.82 Å². The lowest BCUT2D eigenvalue weighted by Crippen LogP contribution is -2.22. The van der Waals surface area contributed by atoms with Gasteiger partial charge in [-0.05, 0) is 24.1 Å². The Balaban J connectivity index is 1.96. The second kappa shape index (κ2) is 7.78. The summed E-state index contributed by atoms with van der Waals surface area (Å²) < 4.78 is 1.82. The summed E-state index contributed by atoms with van der Waals surface area (Å²) in [4.78, 5) is 13.0. The maximum absolute atomic E-state index is 13.0. The van der Waals surface area contributed by atoms with E-state index in [4.69, 9.17) is 5.10 Å². The zero-order valence-electron chi connectivity index (χ0n) is 16.4. The molecule has 0 saturated carbocycles. The Labute approximate surface area is 161 Å². The number of nitrogens with one attached hydrogen (secondary N) is 1. The van der Waals surface area contributed by atoms with Crippen molar-refractivity contribution >= 4 is 11.7 Å². The molecular weight excluding hydrogens is 334 g/mol. The van der Waals surface area contributed by atoms with Gasteiger partial charge in [0.05, 0.1) is 17.3 Å². The molecule has 2 aromatic carbocycles. The fraction of sp³-hybridized carbons (Fsp3) is 0.304. The SMILES string of the molecule is CC[C@H](C(=O)Nc1cc(C(C)(C)C)nn1-c1ccccc1)c1ccccc1. The quantitative estimate of drug-likeness (QED) is 0.670. The lowest BCUT2D eigenvalue weighted by Gasteiger charge is -2.16. The number of aromatic nitrogens is 2. The molecule has 4 heteroatoms. The first-order valence-electron chi connectivity index (χ1n) is 9.42. The van der Waals surface area contributed by atoms with Crippen LogP contribution in [0.1, 0.15) is 51.3 Å². The van der Waals surface area contributed by atoms with Gasteiger partial charge in [0.25, 0.3) is 0 Å². The van der Waals surface area contributed by atoms with Crippen LogP contribution in [0, 0.1) is 0 Å². The van der Waals surface area contributed by atoms with E-state index in [0.717, 1.165) is 23.4 Å². The largest absolute Gasteiger partial charge is 0.310 e. The third kappa shape index (κ3) is 4.27. The topological polar surface area (TPSA) is 46.9 Å². The number of hydrogen-bond acceptors (Lipinski definition) is 2. The predicted molar refractivity (Wildman–Crippen MR) is 110 cm³/mol.